The van der Waals surface area contributed by atoms with Gasteiger partial charge in [-0.2, -0.15) is 0 Å². The van der Waals surface area contributed by atoms with E-state index in [4.69, 9.17) is 14.3 Å². The van der Waals surface area contributed by atoms with Gasteiger partial charge in [0.2, 0.25) is 5.88 Å². The standard InChI is InChI=1S/C25H29N5O6S2/c1-30(2)12-14-35-21-10-9-20-24(27-21)37-25(26-20)28-23(31)22(29-36-17-11-13-34-15-17)16-3-5-18(6-4-16)38(32,33)19-7-8-19/h3-6,9-10,17,19H,7-8,11-15H2,1-2H3,(H,26,28,31)/t17-/m1/s1. The van der Waals surface area contributed by atoms with Gasteiger partial charge in [0.15, 0.2) is 26.8 Å². The van der Waals surface area contributed by atoms with Crippen LogP contribution in [0, 0.1) is 0 Å². The van der Waals surface area contributed by atoms with Crippen LogP contribution in [0.3, 0.4) is 0 Å². The van der Waals surface area contributed by atoms with Crippen molar-refractivity contribution in [3.63, 3.8) is 0 Å². The molecule has 2 aliphatic rings. The van der Waals surface area contributed by atoms with Crippen LogP contribution < -0.4 is 10.1 Å². The number of hydrogen-bond acceptors (Lipinski definition) is 11. The van der Waals surface area contributed by atoms with Crippen LogP contribution in [0.4, 0.5) is 5.13 Å². The molecule has 1 aliphatic carbocycles. The summed E-state index contributed by atoms with van der Waals surface area (Å²) in [6, 6.07) is 9.67. The lowest BCUT2D eigenvalue weighted by atomic mass is 10.1. The Morgan fingerprint density at radius 1 is 1.16 bits per heavy atom. The number of likely N-dealkylation sites (N-methyl/N-ethyl adjacent to an activating group) is 1. The largest absolute Gasteiger partial charge is 0.476 e. The summed E-state index contributed by atoms with van der Waals surface area (Å²) in [6.45, 7) is 2.21. The zero-order valence-electron chi connectivity index (χ0n) is 21.1. The maximum Gasteiger partial charge on any atom is 0.280 e. The monoisotopic (exact) mass is 559 g/mol. The molecule has 0 unspecified atom stereocenters. The second-order valence-electron chi connectivity index (χ2n) is 9.40. The SMILES string of the molecule is CN(C)CCOc1ccc2nc(NC(=O)C(=NO[C@@H]3CCOC3)c3ccc(S(=O)(=O)C4CC4)cc3)sc2n1. The number of ether oxygens (including phenoxy) is 2. The number of aromatic nitrogens is 2. The van der Waals surface area contributed by atoms with Gasteiger partial charge in [-0.3, -0.25) is 10.1 Å². The lowest BCUT2D eigenvalue weighted by Crippen LogP contribution is -2.25. The predicted octanol–water partition coefficient (Wildman–Crippen LogP) is 2.72. The van der Waals surface area contributed by atoms with Gasteiger partial charge in [0.05, 0.1) is 23.4 Å². The van der Waals surface area contributed by atoms with Gasteiger partial charge >= 0.3 is 0 Å². The smallest absolute Gasteiger partial charge is 0.280 e. The van der Waals surface area contributed by atoms with Crippen LogP contribution in [0.1, 0.15) is 24.8 Å². The van der Waals surface area contributed by atoms with Crippen LogP contribution in [-0.2, 0) is 24.2 Å². The van der Waals surface area contributed by atoms with Crippen molar-refractivity contribution in [1.82, 2.24) is 14.9 Å². The fraction of sp³-hybridized carbons (Fsp3) is 0.440. The number of thiazole rings is 1. The summed E-state index contributed by atoms with van der Waals surface area (Å²) < 4.78 is 36.2. The lowest BCUT2D eigenvalue weighted by molar-refractivity contribution is -0.110. The fourth-order valence-corrected chi connectivity index (χ4v) is 6.23. The number of benzene rings is 1. The van der Waals surface area contributed by atoms with Gasteiger partial charge in [0.1, 0.15) is 17.0 Å². The molecule has 0 radical (unpaired) electrons. The average Bonchev–Trinajstić information content (AvgIpc) is 3.49. The van der Waals surface area contributed by atoms with Gasteiger partial charge in [0, 0.05) is 24.6 Å². The molecule has 0 spiro atoms. The fourth-order valence-electron chi connectivity index (χ4n) is 3.74. The molecule has 2 fully saturated rings. The van der Waals surface area contributed by atoms with Crippen molar-refractivity contribution in [3.05, 3.63) is 42.0 Å². The Balaban J connectivity index is 1.34. The summed E-state index contributed by atoms with van der Waals surface area (Å²) in [5.41, 5.74) is 1.05. The Morgan fingerprint density at radius 2 is 1.95 bits per heavy atom. The molecule has 1 N–H and O–H groups in total. The molecule has 1 atom stereocenters. The van der Waals surface area contributed by atoms with Crippen LogP contribution in [0.2, 0.25) is 0 Å². The maximum atomic E-state index is 13.3. The zero-order valence-corrected chi connectivity index (χ0v) is 22.8. The lowest BCUT2D eigenvalue weighted by Gasteiger charge is -2.10. The second-order valence-corrected chi connectivity index (χ2v) is 12.6. The molecule has 13 heteroatoms. The third kappa shape index (κ3) is 6.29. The number of nitrogens with one attached hydrogen (secondary N) is 1. The topological polar surface area (TPSA) is 132 Å². The first kappa shape index (κ1) is 26.5. The number of sulfone groups is 1. The predicted molar refractivity (Wildman–Crippen MR) is 144 cm³/mol. The van der Waals surface area contributed by atoms with E-state index in [0.717, 1.165) is 6.54 Å². The number of carbonyl (C=O) groups excluding carboxylic acids is 1. The Morgan fingerprint density at radius 3 is 2.63 bits per heavy atom. The number of pyridine rings is 1. The summed E-state index contributed by atoms with van der Waals surface area (Å²) in [5.74, 6) is -0.0558. The minimum Gasteiger partial charge on any atom is -0.476 e. The number of carbonyl (C=O) groups is 1. The molecule has 1 amide bonds. The number of hydrogen-bond donors (Lipinski definition) is 1. The molecule has 38 heavy (non-hydrogen) atoms. The molecule has 2 aromatic heterocycles. The first-order valence-electron chi connectivity index (χ1n) is 12.3. The van der Waals surface area contributed by atoms with Gasteiger partial charge in [-0.25, -0.2) is 18.4 Å². The van der Waals surface area contributed by atoms with Crippen LogP contribution in [-0.4, -0.2) is 86.7 Å². The molecule has 1 aromatic carbocycles. The van der Waals surface area contributed by atoms with E-state index in [1.165, 1.54) is 23.5 Å². The number of oxime groups is 1. The summed E-state index contributed by atoms with van der Waals surface area (Å²) in [7, 11) is 0.583. The molecular formula is C25H29N5O6S2. The Hall–Kier alpha value is -3.13. The highest BCUT2D eigenvalue weighted by molar-refractivity contribution is 7.92. The van der Waals surface area contributed by atoms with Crippen molar-refractivity contribution >= 4 is 48.3 Å². The Labute approximate surface area is 224 Å². The van der Waals surface area contributed by atoms with E-state index >= 15 is 0 Å². The highest BCUT2D eigenvalue weighted by atomic mass is 32.2. The van der Waals surface area contributed by atoms with E-state index in [1.54, 1.807) is 24.3 Å². The van der Waals surface area contributed by atoms with Crippen LogP contribution in [0.5, 0.6) is 5.88 Å². The molecule has 1 aliphatic heterocycles. The van der Waals surface area contributed by atoms with E-state index < -0.39 is 15.7 Å². The van der Waals surface area contributed by atoms with Gasteiger partial charge in [-0.15, -0.1) is 0 Å². The Kier molecular flexibility index (Phi) is 7.88. The minimum absolute atomic E-state index is 0.00666. The third-order valence-electron chi connectivity index (χ3n) is 6.05. The van der Waals surface area contributed by atoms with Crippen molar-refractivity contribution in [2.75, 3.05) is 45.8 Å². The summed E-state index contributed by atoms with van der Waals surface area (Å²) >= 11 is 1.21. The molecule has 3 heterocycles. The van der Waals surface area contributed by atoms with E-state index in [0.29, 0.717) is 66.0 Å². The highest BCUT2D eigenvalue weighted by Crippen LogP contribution is 2.33. The van der Waals surface area contributed by atoms with Crippen LogP contribution >= 0.6 is 11.3 Å². The molecule has 202 valence electrons. The number of nitrogens with zero attached hydrogens (tertiary/aromatic N) is 4. The van der Waals surface area contributed by atoms with Gasteiger partial charge in [-0.05, 0) is 45.1 Å². The first-order chi connectivity index (χ1) is 18.3. The molecule has 5 rings (SSSR count). The minimum atomic E-state index is -3.35. The maximum absolute atomic E-state index is 13.3. The number of rotatable bonds is 11. The summed E-state index contributed by atoms with van der Waals surface area (Å²) in [5, 5.41) is 6.94. The number of anilines is 1. The molecule has 1 saturated heterocycles. The zero-order chi connectivity index (χ0) is 26.7. The molecular weight excluding hydrogens is 530 g/mol. The Bertz CT molecular complexity index is 1430. The van der Waals surface area contributed by atoms with E-state index in [9.17, 15) is 13.2 Å². The van der Waals surface area contributed by atoms with Gasteiger partial charge in [-0.1, -0.05) is 28.6 Å². The molecule has 11 nitrogen and oxygen atoms in total. The van der Waals surface area contributed by atoms with Crippen molar-refractivity contribution in [1.29, 1.82) is 0 Å². The molecule has 0 bridgehead atoms. The second kappa shape index (κ2) is 11.3. The van der Waals surface area contributed by atoms with Crippen molar-refractivity contribution in [2.24, 2.45) is 5.16 Å². The van der Waals surface area contributed by atoms with Crippen molar-refractivity contribution < 1.29 is 27.5 Å². The summed E-state index contributed by atoms with van der Waals surface area (Å²) in [6.07, 6.45) is 1.76. The molecule has 3 aromatic rings. The highest BCUT2D eigenvalue weighted by Gasteiger charge is 2.36. The number of amides is 1. The quantitative estimate of drug-likeness (QED) is 0.278. The average molecular weight is 560 g/mol. The number of fused-ring (bicyclic) bond motifs is 1. The van der Waals surface area contributed by atoms with Crippen LogP contribution in [0.15, 0.2) is 46.4 Å². The van der Waals surface area contributed by atoms with Gasteiger partial charge < -0.3 is 19.2 Å². The third-order valence-corrected chi connectivity index (χ3v) is 9.21. The first-order valence-corrected chi connectivity index (χ1v) is 14.7. The van der Waals surface area contributed by atoms with Gasteiger partial charge in [0.25, 0.3) is 5.91 Å². The van der Waals surface area contributed by atoms with E-state index in [2.05, 4.69) is 20.4 Å². The normalized spacial score (nSPS) is 18.2. The summed E-state index contributed by atoms with van der Waals surface area (Å²) in [4.78, 5) is 30.7. The van der Waals surface area contributed by atoms with Crippen molar-refractivity contribution in [2.45, 2.75) is 35.5 Å². The molecule has 1 saturated carbocycles. The van der Waals surface area contributed by atoms with E-state index in [-0.39, 0.29) is 22.0 Å². The van der Waals surface area contributed by atoms with E-state index in [1.807, 2.05) is 19.0 Å². The van der Waals surface area contributed by atoms with Crippen molar-refractivity contribution in [3.8, 4) is 5.88 Å². The van der Waals surface area contributed by atoms with Crippen LogP contribution in [0.25, 0.3) is 10.3 Å².